The van der Waals surface area contributed by atoms with Gasteiger partial charge in [0, 0.05) is 16.4 Å². The first-order valence-corrected chi connectivity index (χ1v) is 6.31. The zero-order chi connectivity index (χ0) is 11.8. The summed E-state index contributed by atoms with van der Waals surface area (Å²) in [6.07, 6.45) is 3.90. The Morgan fingerprint density at radius 3 is 3.06 bits per heavy atom. The van der Waals surface area contributed by atoms with Crippen LogP contribution < -0.4 is 0 Å². The van der Waals surface area contributed by atoms with Gasteiger partial charge in [0.25, 0.3) is 0 Å². The number of halogens is 1. The lowest BCUT2D eigenvalue weighted by Gasteiger charge is -2.24. The Morgan fingerprint density at radius 2 is 2.50 bits per heavy atom. The topological polar surface area (TPSA) is 51.5 Å². The van der Waals surface area contributed by atoms with Crippen molar-refractivity contribution in [2.75, 3.05) is 6.61 Å². The summed E-state index contributed by atoms with van der Waals surface area (Å²) in [5.41, 5.74) is 0.118. The van der Waals surface area contributed by atoms with Crippen LogP contribution in [0.2, 0.25) is 0 Å². The molecule has 0 spiro atoms. The minimum atomic E-state index is -0.885. The molecule has 4 nitrogen and oxygen atoms in total. The minimum absolute atomic E-state index is 0.216. The monoisotopic (exact) mass is 335 g/mol. The number of aromatic nitrogens is 1. The molecule has 16 heavy (non-hydrogen) atoms. The van der Waals surface area contributed by atoms with E-state index < -0.39 is 5.97 Å². The summed E-state index contributed by atoms with van der Waals surface area (Å²) in [6, 6.07) is 1.68. The van der Waals surface area contributed by atoms with E-state index in [1.807, 2.05) is 13.1 Å². The molecule has 88 valence electrons. The highest BCUT2D eigenvalue weighted by atomic mass is 127. The Balaban J connectivity index is 2.23. The molecule has 0 amide bonds. The molecular formula is C11H14INO3. The van der Waals surface area contributed by atoms with Gasteiger partial charge in [-0.25, -0.2) is 4.79 Å². The highest BCUT2D eigenvalue weighted by Crippen LogP contribution is 2.28. The number of hydrogen-bond donors (Lipinski definition) is 1. The van der Waals surface area contributed by atoms with Gasteiger partial charge < -0.3 is 14.4 Å². The Labute approximate surface area is 108 Å². The lowest BCUT2D eigenvalue weighted by atomic mass is 10.0. The predicted octanol–water partition coefficient (Wildman–Crippen LogP) is 2.36. The fourth-order valence-electron chi connectivity index (χ4n) is 2.11. The number of carboxylic acid groups (broad SMARTS) is 1. The van der Waals surface area contributed by atoms with Crippen LogP contribution >= 0.6 is 22.6 Å². The summed E-state index contributed by atoms with van der Waals surface area (Å²) in [5.74, 6) is -0.885. The second kappa shape index (κ2) is 4.37. The van der Waals surface area contributed by atoms with Crippen LogP contribution in [0.25, 0.3) is 0 Å². The molecule has 1 saturated heterocycles. The number of carbonyl (C=O) groups is 1. The summed E-state index contributed by atoms with van der Waals surface area (Å²) in [5, 5.41) is 9.07. The summed E-state index contributed by atoms with van der Waals surface area (Å²) in [6.45, 7) is 3.42. The number of rotatable bonds is 3. The fourth-order valence-corrected chi connectivity index (χ4v) is 2.74. The molecule has 1 aromatic rings. The molecule has 1 atom stereocenters. The van der Waals surface area contributed by atoms with Crippen molar-refractivity contribution in [1.82, 2.24) is 4.57 Å². The van der Waals surface area contributed by atoms with Crippen molar-refractivity contribution in [1.29, 1.82) is 0 Å². The predicted molar refractivity (Wildman–Crippen MR) is 67.7 cm³/mol. The molecule has 2 heterocycles. The maximum Gasteiger partial charge on any atom is 0.352 e. The quantitative estimate of drug-likeness (QED) is 0.863. The van der Waals surface area contributed by atoms with Gasteiger partial charge in [-0.1, -0.05) is 0 Å². The van der Waals surface area contributed by atoms with Crippen LogP contribution in [-0.4, -0.2) is 27.9 Å². The van der Waals surface area contributed by atoms with Crippen LogP contribution in [0.3, 0.4) is 0 Å². The zero-order valence-electron chi connectivity index (χ0n) is 9.07. The molecule has 0 aliphatic carbocycles. The number of hydrogen-bond acceptors (Lipinski definition) is 2. The molecule has 1 aliphatic rings. The smallest absolute Gasteiger partial charge is 0.352 e. The Hall–Kier alpha value is -0.560. The molecule has 5 heteroatoms. The number of nitrogens with zero attached hydrogens (tertiary/aromatic N) is 1. The number of carboxylic acids is 1. The largest absolute Gasteiger partial charge is 0.477 e. The average molecular weight is 335 g/mol. The Morgan fingerprint density at radius 1 is 1.75 bits per heavy atom. The van der Waals surface area contributed by atoms with Gasteiger partial charge in [-0.15, -0.1) is 0 Å². The van der Waals surface area contributed by atoms with Gasteiger partial charge in [0.1, 0.15) is 5.69 Å². The summed E-state index contributed by atoms with van der Waals surface area (Å²) < 4.78 is 8.39. The van der Waals surface area contributed by atoms with E-state index in [-0.39, 0.29) is 5.60 Å². The molecule has 1 aliphatic heterocycles. The van der Waals surface area contributed by atoms with Gasteiger partial charge in [-0.2, -0.15) is 0 Å². The molecule has 0 radical (unpaired) electrons. The molecule has 1 aromatic heterocycles. The average Bonchev–Trinajstić information content (AvgIpc) is 2.73. The van der Waals surface area contributed by atoms with Gasteiger partial charge >= 0.3 is 5.97 Å². The molecular weight excluding hydrogens is 321 g/mol. The van der Waals surface area contributed by atoms with Crippen molar-refractivity contribution in [3.05, 3.63) is 21.5 Å². The van der Waals surface area contributed by atoms with E-state index in [0.717, 1.165) is 23.0 Å². The molecule has 0 aromatic carbocycles. The van der Waals surface area contributed by atoms with E-state index in [2.05, 4.69) is 22.6 Å². The van der Waals surface area contributed by atoms with Gasteiger partial charge in [0.15, 0.2) is 0 Å². The van der Waals surface area contributed by atoms with Crippen molar-refractivity contribution in [3.63, 3.8) is 0 Å². The molecule has 1 N–H and O–H groups in total. The van der Waals surface area contributed by atoms with E-state index in [1.54, 1.807) is 10.6 Å². The van der Waals surface area contributed by atoms with Crippen molar-refractivity contribution < 1.29 is 14.6 Å². The lowest BCUT2D eigenvalue weighted by molar-refractivity contribution is 0.00553. The van der Waals surface area contributed by atoms with Crippen molar-refractivity contribution in [3.8, 4) is 0 Å². The van der Waals surface area contributed by atoms with Gasteiger partial charge in [-0.05, 0) is 48.4 Å². The zero-order valence-corrected chi connectivity index (χ0v) is 11.2. The first-order valence-electron chi connectivity index (χ1n) is 5.23. The van der Waals surface area contributed by atoms with E-state index in [1.165, 1.54) is 0 Å². The van der Waals surface area contributed by atoms with Crippen molar-refractivity contribution >= 4 is 28.6 Å². The van der Waals surface area contributed by atoms with Crippen molar-refractivity contribution in [2.24, 2.45) is 0 Å². The molecule has 0 saturated carbocycles. The third-order valence-electron chi connectivity index (χ3n) is 2.89. The van der Waals surface area contributed by atoms with Crippen LogP contribution in [0.5, 0.6) is 0 Å². The van der Waals surface area contributed by atoms with Crippen LogP contribution in [0, 0.1) is 3.57 Å². The molecule has 1 unspecified atom stereocenters. The Kier molecular flexibility index (Phi) is 3.25. The minimum Gasteiger partial charge on any atom is -0.477 e. The highest BCUT2D eigenvalue weighted by molar-refractivity contribution is 14.1. The van der Waals surface area contributed by atoms with E-state index in [4.69, 9.17) is 9.84 Å². The first kappa shape index (κ1) is 11.9. The summed E-state index contributed by atoms with van der Waals surface area (Å²) >= 11 is 2.13. The summed E-state index contributed by atoms with van der Waals surface area (Å²) in [7, 11) is 0. The molecule has 1 fully saturated rings. The number of aromatic carboxylic acids is 1. The summed E-state index contributed by atoms with van der Waals surface area (Å²) in [4.78, 5) is 11.0. The Bertz CT molecular complexity index is 407. The fraction of sp³-hybridized carbons (Fsp3) is 0.545. The standard InChI is InChI=1S/C11H14INO3/c1-11(3-2-4-16-11)7-13-6-8(12)5-9(13)10(14)15/h5-6H,2-4,7H2,1H3,(H,14,15). The third-order valence-corrected chi connectivity index (χ3v) is 3.48. The number of ether oxygens (including phenoxy) is 1. The third kappa shape index (κ3) is 2.40. The van der Waals surface area contributed by atoms with Gasteiger partial charge in [0.2, 0.25) is 0 Å². The van der Waals surface area contributed by atoms with Crippen LogP contribution in [0.4, 0.5) is 0 Å². The normalized spacial score (nSPS) is 24.9. The molecule has 2 rings (SSSR count). The molecule has 0 bridgehead atoms. The van der Waals surface area contributed by atoms with Crippen LogP contribution in [0.15, 0.2) is 12.3 Å². The maximum atomic E-state index is 11.0. The van der Waals surface area contributed by atoms with E-state index in [0.29, 0.717) is 12.2 Å². The second-order valence-corrected chi connectivity index (χ2v) is 5.62. The van der Waals surface area contributed by atoms with Crippen LogP contribution in [-0.2, 0) is 11.3 Å². The lowest BCUT2D eigenvalue weighted by Crippen LogP contribution is -2.30. The maximum absolute atomic E-state index is 11.0. The van der Waals surface area contributed by atoms with Gasteiger partial charge in [-0.3, -0.25) is 0 Å². The van der Waals surface area contributed by atoms with E-state index >= 15 is 0 Å². The second-order valence-electron chi connectivity index (χ2n) is 4.38. The van der Waals surface area contributed by atoms with Crippen LogP contribution in [0.1, 0.15) is 30.3 Å². The van der Waals surface area contributed by atoms with E-state index in [9.17, 15) is 4.79 Å². The highest BCUT2D eigenvalue weighted by Gasteiger charge is 2.31. The first-order chi connectivity index (χ1) is 7.50. The van der Waals surface area contributed by atoms with Crippen molar-refractivity contribution in [2.45, 2.75) is 31.9 Å². The SMILES string of the molecule is CC1(Cn2cc(I)cc2C(=O)O)CCCO1. The van der Waals surface area contributed by atoms with Gasteiger partial charge in [0.05, 0.1) is 12.1 Å².